The number of carboxylic acid groups (broad SMARTS) is 1. The molecule has 8 nitrogen and oxygen atoms in total. The van der Waals surface area contributed by atoms with Gasteiger partial charge in [0, 0.05) is 23.4 Å². The topological polar surface area (TPSA) is 126 Å². The minimum Gasteiger partial charge on any atom is -0.508 e. The number of methoxy groups -OCH3 is 1. The van der Waals surface area contributed by atoms with Crippen molar-refractivity contribution < 1.29 is 24.5 Å². The quantitative estimate of drug-likeness (QED) is 0.484. The van der Waals surface area contributed by atoms with E-state index in [4.69, 9.17) is 9.47 Å². The smallest absolute Gasteiger partial charge is 0.339 e. The van der Waals surface area contributed by atoms with Crippen LogP contribution >= 0.6 is 0 Å². The van der Waals surface area contributed by atoms with Gasteiger partial charge in [0.15, 0.2) is 5.82 Å². The standard InChI is InChI=1S/C21H15N3O5/c1-28-12-17(21(26)27)15-7-6-14(25)10-16(15)20-23-9-8-19(24-20)29-18-5-3-2-4-13(18)11-22/h2-10,12,25H,1H3,(H,26,27)/b17-12+. The molecule has 0 radical (unpaired) electrons. The molecule has 3 rings (SSSR count). The lowest BCUT2D eigenvalue weighted by molar-refractivity contribution is -0.130. The van der Waals surface area contributed by atoms with Crippen LogP contribution < -0.4 is 4.74 Å². The molecule has 3 aromatic rings. The summed E-state index contributed by atoms with van der Waals surface area (Å²) in [6.07, 6.45) is 2.52. The molecule has 144 valence electrons. The van der Waals surface area contributed by atoms with Crippen molar-refractivity contribution in [3.63, 3.8) is 0 Å². The third kappa shape index (κ3) is 4.31. The number of aromatic hydroxyl groups is 1. The number of aromatic nitrogens is 2. The van der Waals surface area contributed by atoms with Crippen molar-refractivity contribution in [2.75, 3.05) is 7.11 Å². The highest BCUT2D eigenvalue weighted by atomic mass is 16.5. The molecule has 0 amide bonds. The molecule has 29 heavy (non-hydrogen) atoms. The summed E-state index contributed by atoms with van der Waals surface area (Å²) in [5, 5.41) is 28.6. The molecular formula is C21H15N3O5. The minimum atomic E-state index is -1.21. The Morgan fingerprint density at radius 3 is 2.72 bits per heavy atom. The second-order valence-electron chi connectivity index (χ2n) is 5.73. The van der Waals surface area contributed by atoms with Crippen molar-refractivity contribution in [2.45, 2.75) is 0 Å². The number of carbonyl (C=O) groups is 1. The fraction of sp³-hybridized carbons (Fsp3) is 0.0476. The zero-order valence-corrected chi connectivity index (χ0v) is 15.2. The number of rotatable bonds is 6. The van der Waals surface area contributed by atoms with E-state index < -0.39 is 5.97 Å². The number of hydrogen-bond donors (Lipinski definition) is 2. The number of phenolic OH excluding ortho intramolecular Hbond substituents is 1. The van der Waals surface area contributed by atoms with E-state index in [1.165, 1.54) is 37.6 Å². The van der Waals surface area contributed by atoms with Crippen LogP contribution in [0.25, 0.3) is 17.0 Å². The van der Waals surface area contributed by atoms with Gasteiger partial charge in [0.05, 0.1) is 18.9 Å². The fourth-order valence-electron chi connectivity index (χ4n) is 2.59. The molecule has 0 saturated carbocycles. The van der Waals surface area contributed by atoms with Crippen LogP contribution in [0.15, 0.2) is 61.0 Å². The van der Waals surface area contributed by atoms with Gasteiger partial charge in [0.1, 0.15) is 23.1 Å². The monoisotopic (exact) mass is 389 g/mol. The first-order valence-electron chi connectivity index (χ1n) is 8.33. The Morgan fingerprint density at radius 2 is 2.00 bits per heavy atom. The normalized spacial score (nSPS) is 10.8. The number of para-hydroxylation sites is 1. The van der Waals surface area contributed by atoms with Gasteiger partial charge in [-0.05, 0) is 30.3 Å². The van der Waals surface area contributed by atoms with Crippen molar-refractivity contribution in [1.29, 1.82) is 5.26 Å². The molecule has 8 heteroatoms. The zero-order chi connectivity index (χ0) is 20.8. The predicted molar refractivity (Wildman–Crippen MR) is 103 cm³/mol. The second-order valence-corrected chi connectivity index (χ2v) is 5.73. The van der Waals surface area contributed by atoms with Crippen LogP contribution in [0.4, 0.5) is 0 Å². The molecule has 0 atom stereocenters. The first kappa shape index (κ1) is 19.4. The van der Waals surface area contributed by atoms with Crippen LogP contribution in [0.1, 0.15) is 11.1 Å². The van der Waals surface area contributed by atoms with Gasteiger partial charge in [-0.25, -0.2) is 9.78 Å². The Hall–Kier alpha value is -4.38. The Labute approximate surface area is 165 Å². The number of nitriles is 1. The molecule has 1 aromatic heterocycles. The maximum absolute atomic E-state index is 11.6. The summed E-state index contributed by atoms with van der Waals surface area (Å²) in [7, 11) is 1.33. The Morgan fingerprint density at radius 1 is 1.21 bits per heavy atom. The largest absolute Gasteiger partial charge is 0.508 e. The maximum Gasteiger partial charge on any atom is 0.339 e. The summed E-state index contributed by atoms with van der Waals surface area (Å²) >= 11 is 0. The highest BCUT2D eigenvalue weighted by molar-refractivity contribution is 6.16. The summed E-state index contributed by atoms with van der Waals surface area (Å²) in [4.78, 5) is 20.1. The van der Waals surface area contributed by atoms with Crippen LogP contribution in [-0.2, 0) is 9.53 Å². The van der Waals surface area contributed by atoms with E-state index in [2.05, 4.69) is 9.97 Å². The van der Waals surface area contributed by atoms with Crippen LogP contribution in [0.2, 0.25) is 0 Å². The summed E-state index contributed by atoms with van der Waals surface area (Å²) in [5.41, 5.74) is 0.732. The number of hydrogen-bond acceptors (Lipinski definition) is 7. The fourth-order valence-corrected chi connectivity index (χ4v) is 2.59. The van der Waals surface area contributed by atoms with Crippen LogP contribution in [0, 0.1) is 11.3 Å². The van der Waals surface area contributed by atoms with Gasteiger partial charge in [-0.3, -0.25) is 0 Å². The summed E-state index contributed by atoms with van der Waals surface area (Å²) in [6.45, 7) is 0. The van der Waals surface area contributed by atoms with Gasteiger partial charge >= 0.3 is 5.97 Å². The Bertz CT molecular complexity index is 1140. The molecule has 0 unspecified atom stereocenters. The molecule has 0 aliphatic heterocycles. The van der Waals surface area contributed by atoms with E-state index in [1.54, 1.807) is 24.3 Å². The van der Waals surface area contributed by atoms with E-state index in [0.717, 1.165) is 6.26 Å². The molecule has 0 bridgehead atoms. The lowest BCUT2D eigenvalue weighted by atomic mass is 9.99. The Balaban J connectivity index is 2.07. The van der Waals surface area contributed by atoms with E-state index in [9.17, 15) is 20.3 Å². The number of benzene rings is 2. The van der Waals surface area contributed by atoms with Crippen molar-refractivity contribution in [3.8, 4) is 34.8 Å². The molecule has 0 fully saturated rings. The molecule has 2 N–H and O–H groups in total. The third-order valence-corrected chi connectivity index (χ3v) is 3.85. The lowest BCUT2D eigenvalue weighted by Gasteiger charge is -2.11. The SMILES string of the molecule is CO/C=C(/C(=O)O)c1ccc(O)cc1-c1nccc(Oc2ccccc2C#N)n1. The summed E-state index contributed by atoms with van der Waals surface area (Å²) < 4.78 is 10.6. The van der Waals surface area contributed by atoms with Crippen molar-refractivity contribution in [2.24, 2.45) is 0 Å². The van der Waals surface area contributed by atoms with Crippen molar-refractivity contribution in [3.05, 3.63) is 72.1 Å². The summed E-state index contributed by atoms with van der Waals surface area (Å²) in [6, 6.07) is 14.4. The third-order valence-electron chi connectivity index (χ3n) is 3.85. The van der Waals surface area contributed by atoms with Gasteiger partial charge in [-0.15, -0.1) is 0 Å². The van der Waals surface area contributed by atoms with Gasteiger partial charge < -0.3 is 19.7 Å². The zero-order valence-electron chi connectivity index (χ0n) is 15.2. The van der Waals surface area contributed by atoms with E-state index in [0.29, 0.717) is 11.3 Å². The molecule has 2 aromatic carbocycles. The molecule has 1 heterocycles. The first-order chi connectivity index (χ1) is 14.0. The van der Waals surface area contributed by atoms with Crippen LogP contribution in [0.3, 0.4) is 0 Å². The predicted octanol–water partition coefficient (Wildman–Crippen LogP) is 3.59. The van der Waals surface area contributed by atoms with Crippen LogP contribution in [0.5, 0.6) is 17.4 Å². The minimum absolute atomic E-state index is 0.0874. The number of phenols is 1. The number of ether oxygens (including phenoxy) is 2. The van der Waals surface area contributed by atoms with Gasteiger partial charge in [0.25, 0.3) is 0 Å². The van der Waals surface area contributed by atoms with Crippen molar-refractivity contribution in [1.82, 2.24) is 9.97 Å². The van der Waals surface area contributed by atoms with Gasteiger partial charge in [-0.1, -0.05) is 12.1 Å². The van der Waals surface area contributed by atoms with E-state index in [-0.39, 0.29) is 34.2 Å². The Kier molecular flexibility index (Phi) is 5.71. The van der Waals surface area contributed by atoms with E-state index >= 15 is 0 Å². The number of carboxylic acids is 1. The number of aliphatic carboxylic acids is 1. The van der Waals surface area contributed by atoms with Gasteiger partial charge in [0.2, 0.25) is 5.88 Å². The maximum atomic E-state index is 11.6. The van der Waals surface area contributed by atoms with Gasteiger partial charge in [-0.2, -0.15) is 10.2 Å². The molecule has 0 spiro atoms. The first-order valence-corrected chi connectivity index (χ1v) is 8.33. The highest BCUT2D eigenvalue weighted by Crippen LogP contribution is 2.32. The van der Waals surface area contributed by atoms with E-state index in [1.807, 2.05) is 6.07 Å². The summed E-state index contributed by atoms with van der Waals surface area (Å²) in [5.74, 6) is -0.697. The highest BCUT2D eigenvalue weighted by Gasteiger charge is 2.19. The van der Waals surface area contributed by atoms with Crippen LogP contribution in [-0.4, -0.2) is 33.3 Å². The van der Waals surface area contributed by atoms with Crippen molar-refractivity contribution >= 4 is 11.5 Å². The molecule has 0 aliphatic carbocycles. The average molecular weight is 389 g/mol. The lowest BCUT2D eigenvalue weighted by Crippen LogP contribution is -2.03. The molecule has 0 saturated heterocycles. The number of nitrogens with zero attached hydrogens (tertiary/aromatic N) is 3. The molecular weight excluding hydrogens is 374 g/mol. The second kappa shape index (κ2) is 8.54. The average Bonchev–Trinajstić information content (AvgIpc) is 2.72. The molecule has 0 aliphatic rings.